The average Bonchev–Trinajstić information content (AvgIpc) is 3.20. The highest BCUT2D eigenvalue weighted by Gasteiger charge is 2.71. The summed E-state index contributed by atoms with van der Waals surface area (Å²) in [7, 11) is 0. The molecule has 5 rings (SSSR count). The number of rotatable bonds is 4. The van der Waals surface area contributed by atoms with Gasteiger partial charge in [-0.05, 0) is 124 Å². The predicted octanol–water partition coefficient (Wildman–Crippen LogP) is 7.33. The van der Waals surface area contributed by atoms with Crippen LogP contribution in [-0.4, -0.2) is 35.4 Å². The maximum atomic E-state index is 11.9. The Morgan fingerprint density at radius 2 is 1.49 bits per heavy atom. The molecule has 0 heterocycles. The van der Waals surface area contributed by atoms with Gasteiger partial charge in [-0.15, -0.1) is 0 Å². The van der Waals surface area contributed by atoms with Crippen LogP contribution in [-0.2, 0) is 19.1 Å². The van der Waals surface area contributed by atoms with E-state index in [0.29, 0.717) is 30.3 Å². The summed E-state index contributed by atoms with van der Waals surface area (Å²) in [5.74, 6) is 2.01. The summed E-state index contributed by atoms with van der Waals surface area (Å²) in [6, 6.07) is 0. The van der Waals surface area contributed by atoms with E-state index in [2.05, 4.69) is 34.6 Å². The van der Waals surface area contributed by atoms with Crippen molar-refractivity contribution in [2.45, 2.75) is 138 Å². The van der Waals surface area contributed by atoms with E-state index < -0.39 is 5.60 Å². The van der Waals surface area contributed by atoms with Crippen molar-refractivity contribution in [3.05, 3.63) is 0 Å². The highest BCUT2D eigenvalue weighted by Crippen LogP contribution is 2.77. The lowest BCUT2D eigenvalue weighted by atomic mass is 9.32. The summed E-state index contributed by atoms with van der Waals surface area (Å²) >= 11 is 0. The molecule has 5 heteroatoms. The molecule has 0 aromatic rings. The van der Waals surface area contributed by atoms with E-state index in [0.717, 1.165) is 32.1 Å². The molecule has 0 radical (unpaired) electrons. The van der Waals surface area contributed by atoms with Gasteiger partial charge in [0, 0.05) is 24.7 Å². The molecule has 0 bridgehead atoms. The van der Waals surface area contributed by atoms with Gasteiger partial charge in [0.15, 0.2) is 0 Å². The van der Waals surface area contributed by atoms with Gasteiger partial charge in [0.25, 0.3) is 0 Å². The van der Waals surface area contributed by atoms with Crippen molar-refractivity contribution in [3.63, 3.8) is 0 Å². The van der Waals surface area contributed by atoms with Gasteiger partial charge in [0.1, 0.15) is 6.10 Å². The van der Waals surface area contributed by atoms with Crippen molar-refractivity contribution in [2.24, 2.45) is 56.7 Å². The first-order chi connectivity index (χ1) is 17.9. The summed E-state index contributed by atoms with van der Waals surface area (Å²) in [6.07, 6.45) is 11.3. The molecule has 5 saturated carbocycles. The Labute approximate surface area is 237 Å². The van der Waals surface area contributed by atoms with Gasteiger partial charge in [0.05, 0.1) is 12.2 Å². The van der Waals surface area contributed by atoms with Crippen LogP contribution in [0.15, 0.2) is 0 Å². The summed E-state index contributed by atoms with van der Waals surface area (Å²) in [6.45, 7) is 20.1. The van der Waals surface area contributed by atoms with Crippen LogP contribution in [0.3, 0.4) is 0 Å². The molecule has 0 spiro atoms. The summed E-state index contributed by atoms with van der Waals surface area (Å²) in [5.41, 5.74) is -0.110. The van der Waals surface area contributed by atoms with Crippen LogP contribution in [0.5, 0.6) is 0 Å². The molecule has 5 aliphatic carbocycles. The van der Waals surface area contributed by atoms with Crippen LogP contribution in [0, 0.1) is 56.7 Å². The number of carbonyl (C=O) groups excluding carboxylic acids is 2. The second-order valence-electron chi connectivity index (χ2n) is 16.6. The minimum Gasteiger partial charge on any atom is -0.465 e. The zero-order valence-corrected chi connectivity index (χ0v) is 26.3. The largest absolute Gasteiger partial charge is 0.465 e. The Morgan fingerprint density at radius 1 is 0.795 bits per heavy atom. The lowest BCUT2D eigenvalue weighted by Gasteiger charge is -2.73. The Morgan fingerprint density at radius 3 is 2.10 bits per heavy atom. The first-order valence-corrected chi connectivity index (χ1v) is 16.0. The fourth-order valence-electron chi connectivity index (χ4n) is 12.4. The average molecular weight is 545 g/mol. The monoisotopic (exact) mass is 544 g/mol. The molecule has 0 aromatic heterocycles. The molecule has 222 valence electrons. The van der Waals surface area contributed by atoms with Gasteiger partial charge in [-0.3, -0.25) is 9.59 Å². The van der Waals surface area contributed by atoms with E-state index in [1.807, 2.05) is 13.8 Å². The summed E-state index contributed by atoms with van der Waals surface area (Å²) < 4.78 is 11.7. The number of ether oxygens (including phenoxy) is 2. The number of fused-ring (bicyclic) bond motifs is 7. The van der Waals surface area contributed by atoms with E-state index in [1.54, 1.807) is 6.92 Å². The molecule has 10 atom stereocenters. The molecule has 0 amide bonds. The standard InChI is InChI=1S/C34H56O5/c1-21(35)38-20-34-17-12-23(30(5,6)37)28(34)24-10-11-26-31(7)15-14-27(39-22(2)36)29(3,4)25(31)13-16-33(26,9)32(24,8)18-19-34/h23-28,37H,10-20H2,1-9H3/t23-,24-,25-,26+,27-,28-,31+,32-,33+,34+/m1/s1. The van der Waals surface area contributed by atoms with Crippen LogP contribution in [0.2, 0.25) is 0 Å². The highest BCUT2D eigenvalue weighted by atomic mass is 16.5. The molecular weight excluding hydrogens is 488 g/mol. The zero-order chi connectivity index (χ0) is 28.8. The molecule has 1 N–H and O–H groups in total. The van der Waals surface area contributed by atoms with Crippen LogP contribution in [0.1, 0.15) is 127 Å². The first kappa shape index (κ1) is 29.4. The Balaban J connectivity index is 1.50. The number of esters is 2. The molecule has 39 heavy (non-hydrogen) atoms. The molecule has 5 aliphatic rings. The lowest BCUT2D eigenvalue weighted by Crippen LogP contribution is -2.67. The third-order valence-corrected chi connectivity index (χ3v) is 14.3. The third kappa shape index (κ3) is 4.16. The van der Waals surface area contributed by atoms with Crippen LogP contribution >= 0.6 is 0 Å². The molecular formula is C34H56O5. The summed E-state index contributed by atoms with van der Waals surface area (Å²) in [5, 5.41) is 11.4. The van der Waals surface area contributed by atoms with Crippen LogP contribution in [0.25, 0.3) is 0 Å². The lowest BCUT2D eigenvalue weighted by molar-refractivity contribution is -0.255. The second-order valence-corrected chi connectivity index (χ2v) is 16.6. The third-order valence-electron chi connectivity index (χ3n) is 14.3. The molecule has 5 nitrogen and oxygen atoms in total. The van der Waals surface area contributed by atoms with E-state index in [9.17, 15) is 14.7 Å². The number of hydrogen-bond acceptors (Lipinski definition) is 5. The highest BCUT2D eigenvalue weighted by molar-refractivity contribution is 5.66. The second kappa shape index (κ2) is 9.20. The van der Waals surface area contributed by atoms with Gasteiger partial charge in [-0.2, -0.15) is 0 Å². The van der Waals surface area contributed by atoms with Gasteiger partial charge >= 0.3 is 11.9 Å². The Kier molecular flexibility index (Phi) is 6.93. The normalized spacial score (nSPS) is 48.7. The molecule has 0 unspecified atom stereocenters. The molecule has 5 fully saturated rings. The summed E-state index contributed by atoms with van der Waals surface area (Å²) in [4.78, 5) is 23.9. The maximum absolute atomic E-state index is 11.9. The Bertz CT molecular complexity index is 996. The van der Waals surface area contributed by atoms with E-state index in [-0.39, 0.29) is 51.0 Å². The van der Waals surface area contributed by atoms with E-state index >= 15 is 0 Å². The molecule has 0 saturated heterocycles. The van der Waals surface area contributed by atoms with Crippen molar-refractivity contribution < 1.29 is 24.2 Å². The fraction of sp³-hybridized carbons (Fsp3) is 0.941. The van der Waals surface area contributed by atoms with Crippen molar-refractivity contribution in [3.8, 4) is 0 Å². The number of hydrogen-bond donors (Lipinski definition) is 1. The van der Waals surface area contributed by atoms with Crippen molar-refractivity contribution in [2.75, 3.05) is 6.61 Å². The van der Waals surface area contributed by atoms with E-state index in [1.165, 1.54) is 39.0 Å². The maximum Gasteiger partial charge on any atom is 0.302 e. The number of carbonyl (C=O) groups is 2. The molecule has 0 aromatic carbocycles. The quantitative estimate of drug-likeness (QED) is 0.375. The predicted molar refractivity (Wildman–Crippen MR) is 153 cm³/mol. The zero-order valence-electron chi connectivity index (χ0n) is 26.3. The fourth-order valence-corrected chi connectivity index (χ4v) is 12.4. The smallest absolute Gasteiger partial charge is 0.302 e. The van der Waals surface area contributed by atoms with Gasteiger partial charge in [0.2, 0.25) is 0 Å². The topological polar surface area (TPSA) is 72.8 Å². The van der Waals surface area contributed by atoms with E-state index in [4.69, 9.17) is 9.47 Å². The van der Waals surface area contributed by atoms with Crippen molar-refractivity contribution >= 4 is 11.9 Å². The van der Waals surface area contributed by atoms with Gasteiger partial charge in [-0.25, -0.2) is 0 Å². The van der Waals surface area contributed by atoms with Crippen LogP contribution < -0.4 is 0 Å². The minimum absolute atomic E-state index is 0.00507. The van der Waals surface area contributed by atoms with Crippen LogP contribution in [0.4, 0.5) is 0 Å². The SMILES string of the molecule is CC(=O)OC[C@@]12CC[C@@H](C(C)(C)O)[C@@H]1[C@H]1CC[C@H]3[C@@]4(C)CC[C@@H](OC(C)=O)C(C)(C)[C@H]4CC[C@]3(C)[C@]1(C)CC2. The van der Waals surface area contributed by atoms with Crippen molar-refractivity contribution in [1.29, 1.82) is 0 Å². The molecule has 0 aliphatic heterocycles. The van der Waals surface area contributed by atoms with Gasteiger partial charge in [-0.1, -0.05) is 34.6 Å². The van der Waals surface area contributed by atoms with Crippen molar-refractivity contribution in [1.82, 2.24) is 0 Å². The number of aliphatic hydroxyl groups is 1. The Hall–Kier alpha value is -1.10. The minimum atomic E-state index is -0.735. The first-order valence-electron chi connectivity index (χ1n) is 16.0. The van der Waals surface area contributed by atoms with Gasteiger partial charge < -0.3 is 14.6 Å².